The number of hydrogen-bond acceptors (Lipinski definition) is 6. The highest BCUT2D eigenvalue weighted by Gasteiger charge is 2.27. The van der Waals surface area contributed by atoms with Gasteiger partial charge in [0.2, 0.25) is 0 Å². The molecule has 1 aromatic rings. The van der Waals surface area contributed by atoms with E-state index in [2.05, 4.69) is 26.0 Å². The van der Waals surface area contributed by atoms with E-state index in [0.717, 1.165) is 3.79 Å². The standard InChI is InChI=1S/C14H18BrNO5S/c1-4-8(2)12(14(19)20-3)16-11(17)7-21-13(18)9-5-6-10(15)22-9/h5-6,8,12H,4,7H2,1-3H3,(H,16,17). The lowest BCUT2D eigenvalue weighted by atomic mass is 9.99. The number of carbonyl (C=O) groups excluding carboxylic acids is 3. The van der Waals surface area contributed by atoms with E-state index >= 15 is 0 Å². The summed E-state index contributed by atoms with van der Waals surface area (Å²) in [5, 5.41) is 2.53. The molecule has 0 bridgehead atoms. The van der Waals surface area contributed by atoms with E-state index in [1.807, 2.05) is 13.8 Å². The maximum Gasteiger partial charge on any atom is 0.348 e. The van der Waals surface area contributed by atoms with Gasteiger partial charge in [-0.15, -0.1) is 11.3 Å². The highest BCUT2D eigenvalue weighted by Crippen LogP contribution is 2.22. The maximum absolute atomic E-state index is 11.8. The molecule has 0 spiro atoms. The number of esters is 2. The zero-order chi connectivity index (χ0) is 16.7. The van der Waals surface area contributed by atoms with Crippen LogP contribution in [0.3, 0.4) is 0 Å². The summed E-state index contributed by atoms with van der Waals surface area (Å²) in [5.41, 5.74) is 0. The summed E-state index contributed by atoms with van der Waals surface area (Å²) in [6, 6.07) is 2.57. The second-order valence-electron chi connectivity index (χ2n) is 4.63. The number of hydrogen-bond donors (Lipinski definition) is 1. The summed E-state index contributed by atoms with van der Waals surface area (Å²) in [7, 11) is 1.26. The van der Waals surface area contributed by atoms with E-state index in [1.165, 1.54) is 18.4 Å². The molecule has 0 aromatic carbocycles. The molecule has 8 heteroatoms. The van der Waals surface area contributed by atoms with Crippen molar-refractivity contribution in [2.24, 2.45) is 5.92 Å². The number of amides is 1. The molecule has 1 aromatic heterocycles. The Labute approximate surface area is 141 Å². The molecule has 0 aliphatic heterocycles. The molecule has 0 saturated heterocycles. The van der Waals surface area contributed by atoms with Crippen LogP contribution in [0, 0.1) is 5.92 Å². The monoisotopic (exact) mass is 391 g/mol. The smallest absolute Gasteiger partial charge is 0.348 e. The number of ether oxygens (including phenoxy) is 2. The Kier molecular flexibility index (Phi) is 7.53. The number of halogens is 1. The topological polar surface area (TPSA) is 81.7 Å². The Morgan fingerprint density at radius 3 is 2.55 bits per heavy atom. The first-order valence-corrected chi connectivity index (χ1v) is 8.29. The molecule has 6 nitrogen and oxygen atoms in total. The average Bonchev–Trinajstić information content (AvgIpc) is 2.95. The van der Waals surface area contributed by atoms with Crippen LogP contribution in [-0.4, -0.2) is 37.6 Å². The Hall–Kier alpha value is -1.41. The van der Waals surface area contributed by atoms with Gasteiger partial charge in [-0.1, -0.05) is 20.3 Å². The van der Waals surface area contributed by atoms with Gasteiger partial charge in [0.1, 0.15) is 10.9 Å². The van der Waals surface area contributed by atoms with Crippen molar-refractivity contribution in [3.63, 3.8) is 0 Å². The Balaban J connectivity index is 2.53. The van der Waals surface area contributed by atoms with Gasteiger partial charge in [-0.25, -0.2) is 9.59 Å². The molecule has 2 atom stereocenters. The van der Waals surface area contributed by atoms with Crippen LogP contribution in [0.4, 0.5) is 0 Å². The summed E-state index contributed by atoms with van der Waals surface area (Å²) >= 11 is 4.46. The number of thiophene rings is 1. The SMILES string of the molecule is CCC(C)C(NC(=O)COC(=O)c1ccc(Br)s1)C(=O)OC. The summed E-state index contributed by atoms with van der Waals surface area (Å²) in [6.45, 7) is 3.29. The van der Waals surface area contributed by atoms with E-state index in [9.17, 15) is 14.4 Å². The molecule has 22 heavy (non-hydrogen) atoms. The van der Waals surface area contributed by atoms with Crippen molar-refractivity contribution in [2.45, 2.75) is 26.3 Å². The van der Waals surface area contributed by atoms with Crippen molar-refractivity contribution in [3.8, 4) is 0 Å². The van der Waals surface area contributed by atoms with Crippen LogP contribution in [0.5, 0.6) is 0 Å². The van der Waals surface area contributed by atoms with Crippen LogP contribution in [0.15, 0.2) is 15.9 Å². The van der Waals surface area contributed by atoms with Crippen molar-refractivity contribution in [3.05, 3.63) is 20.8 Å². The molecule has 0 radical (unpaired) electrons. The largest absolute Gasteiger partial charge is 0.467 e. The first kappa shape index (κ1) is 18.6. The molecular weight excluding hydrogens is 374 g/mol. The van der Waals surface area contributed by atoms with Gasteiger partial charge in [-0.2, -0.15) is 0 Å². The van der Waals surface area contributed by atoms with Crippen LogP contribution in [0.2, 0.25) is 0 Å². The summed E-state index contributed by atoms with van der Waals surface area (Å²) in [4.78, 5) is 35.6. The molecule has 1 heterocycles. The van der Waals surface area contributed by atoms with Crippen molar-refractivity contribution < 1.29 is 23.9 Å². The highest BCUT2D eigenvalue weighted by atomic mass is 79.9. The van der Waals surface area contributed by atoms with Crippen molar-refractivity contribution in [1.29, 1.82) is 0 Å². The minimum atomic E-state index is -0.753. The molecule has 122 valence electrons. The normalized spacial score (nSPS) is 13.1. The van der Waals surface area contributed by atoms with E-state index < -0.39 is 30.5 Å². The van der Waals surface area contributed by atoms with E-state index in [4.69, 9.17) is 4.74 Å². The molecule has 1 amide bonds. The number of methoxy groups -OCH3 is 1. The lowest BCUT2D eigenvalue weighted by Gasteiger charge is -2.21. The van der Waals surface area contributed by atoms with Gasteiger partial charge in [0.15, 0.2) is 6.61 Å². The average molecular weight is 392 g/mol. The Bertz CT molecular complexity index is 545. The predicted molar refractivity (Wildman–Crippen MR) is 85.7 cm³/mol. The van der Waals surface area contributed by atoms with Gasteiger partial charge in [-0.05, 0) is 34.0 Å². The van der Waals surface area contributed by atoms with Crippen LogP contribution in [0.25, 0.3) is 0 Å². The molecule has 0 saturated carbocycles. The van der Waals surface area contributed by atoms with E-state index in [0.29, 0.717) is 11.3 Å². The van der Waals surface area contributed by atoms with E-state index in [-0.39, 0.29) is 5.92 Å². The first-order chi connectivity index (χ1) is 10.4. The molecule has 0 aliphatic carbocycles. The van der Waals surface area contributed by atoms with Gasteiger partial charge in [0.05, 0.1) is 10.9 Å². The summed E-state index contributed by atoms with van der Waals surface area (Å²) in [6.07, 6.45) is 0.697. The molecule has 0 aliphatic rings. The quantitative estimate of drug-likeness (QED) is 0.721. The third-order valence-corrected chi connectivity index (χ3v) is 4.70. The third-order valence-electron chi connectivity index (χ3n) is 3.09. The first-order valence-electron chi connectivity index (χ1n) is 6.68. The zero-order valence-electron chi connectivity index (χ0n) is 12.6. The van der Waals surface area contributed by atoms with Crippen molar-refractivity contribution >= 4 is 45.1 Å². The second kappa shape index (κ2) is 8.89. The fourth-order valence-corrected chi connectivity index (χ4v) is 2.92. The second-order valence-corrected chi connectivity index (χ2v) is 7.10. The Morgan fingerprint density at radius 1 is 1.36 bits per heavy atom. The van der Waals surface area contributed by atoms with Crippen LogP contribution >= 0.6 is 27.3 Å². The zero-order valence-corrected chi connectivity index (χ0v) is 15.0. The predicted octanol–water partition coefficient (Wildman–Crippen LogP) is 2.37. The summed E-state index contributed by atoms with van der Waals surface area (Å²) in [5.74, 6) is -1.72. The lowest BCUT2D eigenvalue weighted by Crippen LogP contribution is -2.47. The van der Waals surface area contributed by atoms with Gasteiger partial charge >= 0.3 is 11.9 Å². The van der Waals surface area contributed by atoms with E-state index in [1.54, 1.807) is 12.1 Å². The van der Waals surface area contributed by atoms with Gasteiger partial charge in [0.25, 0.3) is 5.91 Å². The van der Waals surface area contributed by atoms with Crippen LogP contribution < -0.4 is 5.32 Å². The molecular formula is C14H18BrNO5S. The maximum atomic E-state index is 11.8. The van der Waals surface area contributed by atoms with Crippen LogP contribution in [0.1, 0.15) is 29.9 Å². The van der Waals surface area contributed by atoms with Crippen LogP contribution in [-0.2, 0) is 19.1 Å². The number of carbonyl (C=O) groups is 3. The number of nitrogens with one attached hydrogen (secondary N) is 1. The molecule has 2 unspecified atom stereocenters. The van der Waals surface area contributed by atoms with Gasteiger partial charge in [-0.3, -0.25) is 4.79 Å². The third kappa shape index (κ3) is 5.42. The van der Waals surface area contributed by atoms with Crippen molar-refractivity contribution in [2.75, 3.05) is 13.7 Å². The molecule has 1 rings (SSSR count). The Morgan fingerprint density at radius 2 is 2.05 bits per heavy atom. The highest BCUT2D eigenvalue weighted by molar-refractivity contribution is 9.11. The van der Waals surface area contributed by atoms with Crippen molar-refractivity contribution in [1.82, 2.24) is 5.32 Å². The minimum Gasteiger partial charge on any atom is -0.467 e. The minimum absolute atomic E-state index is 0.0830. The van der Waals surface area contributed by atoms with Gasteiger partial charge in [0, 0.05) is 0 Å². The lowest BCUT2D eigenvalue weighted by molar-refractivity contribution is -0.147. The fraction of sp³-hybridized carbons (Fsp3) is 0.500. The molecule has 1 N–H and O–H groups in total. The number of rotatable bonds is 7. The van der Waals surface area contributed by atoms with Gasteiger partial charge < -0.3 is 14.8 Å². The fourth-order valence-electron chi connectivity index (χ4n) is 1.64. The summed E-state index contributed by atoms with van der Waals surface area (Å²) < 4.78 is 10.4. The molecule has 0 fully saturated rings.